The van der Waals surface area contributed by atoms with E-state index in [0.29, 0.717) is 30.4 Å². The Morgan fingerprint density at radius 2 is 2.24 bits per heavy atom. The van der Waals surface area contributed by atoms with Crippen LogP contribution in [0, 0.1) is 0 Å². The van der Waals surface area contributed by atoms with E-state index in [1.807, 2.05) is 31.2 Å². The van der Waals surface area contributed by atoms with Gasteiger partial charge in [0.2, 0.25) is 0 Å². The summed E-state index contributed by atoms with van der Waals surface area (Å²) in [6, 6.07) is 5.60. The fourth-order valence-corrected chi connectivity index (χ4v) is 3.63. The molecule has 1 aliphatic rings. The number of carbonyl (C=O) groups excluding carboxylic acids is 1. The molecule has 0 bridgehead atoms. The minimum Gasteiger partial charge on any atom is -0.494 e. The summed E-state index contributed by atoms with van der Waals surface area (Å²) in [4.78, 5) is 11.7. The molecule has 2 aromatic rings. The highest BCUT2D eigenvalue weighted by Crippen LogP contribution is 2.40. The Kier molecular flexibility index (Phi) is 5.58. The summed E-state index contributed by atoms with van der Waals surface area (Å²) in [5.74, 6) is 3.15. The van der Waals surface area contributed by atoms with Crippen LogP contribution < -0.4 is 4.74 Å². The van der Waals surface area contributed by atoms with Crippen molar-refractivity contribution in [2.24, 2.45) is 0 Å². The lowest BCUT2D eigenvalue weighted by Gasteiger charge is -2.12. The van der Waals surface area contributed by atoms with Crippen LogP contribution in [0.15, 0.2) is 36.0 Å². The number of thioether (sulfide) groups is 1. The molecule has 132 valence electrons. The molecule has 0 unspecified atom stereocenters. The van der Waals surface area contributed by atoms with Crippen molar-refractivity contribution in [1.82, 2.24) is 14.8 Å². The van der Waals surface area contributed by atoms with Crippen molar-refractivity contribution in [1.29, 1.82) is 0 Å². The van der Waals surface area contributed by atoms with Gasteiger partial charge in [-0.25, -0.2) is 0 Å². The van der Waals surface area contributed by atoms with Crippen molar-refractivity contribution < 1.29 is 9.53 Å². The van der Waals surface area contributed by atoms with Crippen LogP contribution in [0.3, 0.4) is 0 Å². The fraction of sp³-hybridized carbons (Fsp3) is 0.421. The van der Waals surface area contributed by atoms with E-state index in [9.17, 15) is 4.79 Å². The predicted octanol–water partition coefficient (Wildman–Crippen LogP) is 4.24. The Labute approximate surface area is 152 Å². The van der Waals surface area contributed by atoms with Gasteiger partial charge in [0.05, 0.1) is 6.61 Å². The molecule has 0 saturated heterocycles. The minimum atomic E-state index is 0.0557. The van der Waals surface area contributed by atoms with Gasteiger partial charge in [0.1, 0.15) is 11.6 Å². The Hall–Kier alpha value is -2.08. The normalized spacial score (nSPS) is 13.7. The molecule has 0 atom stereocenters. The van der Waals surface area contributed by atoms with Crippen LogP contribution in [-0.2, 0) is 12.3 Å². The zero-order valence-electron chi connectivity index (χ0n) is 14.7. The van der Waals surface area contributed by atoms with E-state index in [0.717, 1.165) is 22.3 Å². The van der Waals surface area contributed by atoms with E-state index in [4.69, 9.17) is 4.74 Å². The van der Waals surface area contributed by atoms with Crippen LogP contribution in [0.1, 0.15) is 54.4 Å². The van der Waals surface area contributed by atoms with E-state index in [2.05, 4.69) is 21.3 Å². The van der Waals surface area contributed by atoms with Gasteiger partial charge in [-0.3, -0.25) is 4.79 Å². The molecule has 1 fully saturated rings. The number of allylic oxidation sites excluding steroid dienone is 1. The second kappa shape index (κ2) is 7.87. The van der Waals surface area contributed by atoms with Crippen molar-refractivity contribution in [3.63, 3.8) is 0 Å². The van der Waals surface area contributed by atoms with Gasteiger partial charge in [-0.2, -0.15) is 0 Å². The van der Waals surface area contributed by atoms with Gasteiger partial charge < -0.3 is 9.30 Å². The first kappa shape index (κ1) is 17.7. The molecule has 6 heteroatoms. The summed E-state index contributed by atoms with van der Waals surface area (Å²) in [7, 11) is 0. The second-order valence-corrected chi connectivity index (χ2v) is 7.06. The summed E-state index contributed by atoms with van der Waals surface area (Å²) in [5.41, 5.74) is 1.70. The molecule has 0 amide bonds. The van der Waals surface area contributed by atoms with Crippen LogP contribution in [0.4, 0.5) is 0 Å². The molecule has 5 nitrogen and oxygen atoms in total. The molecular weight excluding hydrogens is 334 g/mol. The van der Waals surface area contributed by atoms with Crippen molar-refractivity contribution in [3.8, 4) is 5.75 Å². The number of carbonyl (C=O) groups is 1. The highest BCUT2D eigenvalue weighted by molar-refractivity contribution is 7.98. The third-order valence-electron chi connectivity index (χ3n) is 4.12. The topological polar surface area (TPSA) is 57.0 Å². The number of ketones is 1. The van der Waals surface area contributed by atoms with Gasteiger partial charge >= 0.3 is 0 Å². The number of aromatic nitrogens is 3. The lowest BCUT2D eigenvalue weighted by atomic mass is 10.1. The summed E-state index contributed by atoms with van der Waals surface area (Å²) in [6.45, 7) is 8.69. The molecule has 0 spiro atoms. The third-order valence-corrected chi connectivity index (χ3v) is 5.14. The van der Waals surface area contributed by atoms with Gasteiger partial charge in [-0.15, -0.1) is 16.8 Å². The predicted molar refractivity (Wildman–Crippen MR) is 99.4 cm³/mol. The highest BCUT2D eigenvalue weighted by Gasteiger charge is 2.30. The van der Waals surface area contributed by atoms with Crippen molar-refractivity contribution in [3.05, 3.63) is 47.8 Å². The summed E-state index contributed by atoms with van der Waals surface area (Å²) in [6.07, 6.45) is 4.26. The van der Waals surface area contributed by atoms with E-state index >= 15 is 0 Å². The quantitative estimate of drug-likeness (QED) is 0.382. The van der Waals surface area contributed by atoms with Crippen LogP contribution >= 0.6 is 11.8 Å². The number of Topliss-reactive ketones (excluding diaryl/α,β-unsaturated/α-hetero) is 1. The highest BCUT2D eigenvalue weighted by atomic mass is 32.2. The lowest BCUT2D eigenvalue weighted by molar-refractivity contribution is 0.101. The van der Waals surface area contributed by atoms with Crippen molar-refractivity contribution in [2.45, 2.75) is 50.1 Å². The molecule has 1 saturated carbocycles. The zero-order chi connectivity index (χ0) is 17.8. The number of hydrogen-bond donors (Lipinski definition) is 0. The SMILES string of the molecule is C=CCn1c(SCc2cc(C(C)=O)ccc2OCC)nnc1C1CC1. The fourth-order valence-electron chi connectivity index (χ4n) is 2.70. The number of rotatable bonds is 9. The first-order valence-corrected chi connectivity index (χ1v) is 9.56. The average molecular weight is 357 g/mol. The van der Waals surface area contributed by atoms with E-state index in [1.165, 1.54) is 12.8 Å². The number of benzene rings is 1. The van der Waals surface area contributed by atoms with Crippen LogP contribution in [0.2, 0.25) is 0 Å². The molecule has 3 rings (SSSR count). The molecule has 0 N–H and O–H groups in total. The standard InChI is InChI=1S/C19H23N3O2S/c1-4-10-22-18(14-6-7-14)20-21-19(22)25-12-16-11-15(13(3)23)8-9-17(16)24-5-2/h4,8-9,11,14H,1,5-7,10,12H2,2-3H3. The van der Waals surface area contributed by atoms with Crippen molar-refractivity contribution >= 4 is 17.5 Å². The van der Waals surface area contributed by atoms with Crippen molar-refractivity contribution in [2.75, 3.05) is 6.61 Å². The molecule has 25 heavy (non-hydrogen) atoms. The smallest absolute Gasteiger partial charge is 0.191 e. The first-order chi connectivity index (χ1) is 12.1. The number of nitrogens with zero attached hydrogens (tertiary/aromatic N) is 3. The molecular formula is C19H23N3O2S. The van der Waals surface area contributed by atoms with Crippen LogP contribution in [0.5, 0.6) is 5.75 Å². The molecule has 1 heterocycles. The third kappa shape index (κ3) is 4.12. The Balaban J connectivity index is 1.82. The summed E-state index contributed by atoms with van der Waals surface area (Å²) >= 11 is 1.62. The maximum absolute atomic E-state index is 11.7. The lowest BCUT2D eigenvalue weighted by Crippen LogP contribution is -2.03. The van der Waals surface area contributed by atoms with E-state index < -0.39 is 0 Å². The summed E-state index contributed by atoms with van der Waals surface area (Å²) < 4.78 is 7.85. The Morgan fingerprint density at radius 1 is 1.44 bits per heavy atom. The van der Waals surface area contributed by atoms with Crippen LogP contribution in [-0.4, -0.2) is 27.2 Å². The number of hydrogen-bond acceptors (Lipinski definition) is 5. The van der Waals surface area contributed by atoms with E-state index in [1.54, 1.807) is 18.7 Å². The first-order valence-electron chi connectivity index (χ1n) is 8.57. The van der Waals surface area contributed by atoms with Gasteiger partial charge in [0, 0.05) is 29.3 Å². The molecule has 0 aliphatic heterocycles. The monoisotopic (exact) mass is 357 g/mol. The molecule has 0 radical (unpaired) electrons. The zero-order valence-corrected chi connectivity index (χ0v) is 15.5. The summed E-state index contributed by atoms with van der Waals surface area (Å²) in [5, 5.41) is 9.62. The Morgan fingerprint density at radius 3 is 2.88 bits per heavy atom. The number of ether oxygens (including phenoxy) is 1. The largest absolute Gasteiger partial charge is 0.494 e. The van der Waals surface area contributed by atoms with Crippen LogP contribution in [0.25, 0.3) is 0 Å². The van der Waals surface area contributed by atoms with Gasteiger partial charge in [-0.05, 0) is 44.9 Å². The molecule has 1 aromatic carbocycles. The molecule has 1 aliphatic carbocycles. The second-order valence-electron chi connectivity index (χ2n) is 6.11. The Bertz CT molecular complexity index is 781. The van der Waals surface area contributed by atoms with E-state index in [-0.39, 0.29) is 5.78 Å². The maximum Gasteiger partial charge on any atom is 0.191 e. The molecule has 1 aromatic heterocycles. The maximum atomic E-state index is 11.7. The average Bonchev–Trinajstić information content (AvgIpc) is 3.36. The van der Waals surface area contributed by atoms with Gasteiger partial charge in [-0.1, -0.05) is 17.8 Å². The van der Waals surface area contributed by atoms with Gasteiger partial charge in [0.25, 0.3) is 0 Å². The minimum absolute atomic E-state index is 0.0557. The van der Waals surface area contributed by atoms with Gasteiger partial charge in [0.15, 0.2) is 10.9 Å².